The van der Waals surface area contributed by atoms with E-state index in [1.807, 2.05) is 0 Å². The third-order valence-corrected chi connectivity index (χ3v) is 0.800. The van der Waals surface area contributed by atoms with Crippen LogP contribution in [0.5, 0.6) is 0 Å². The summed E-state index contributed by atoms with van der Waals surface area (Å²) in [5.41, 5.74) is 0. The number of rotatable bonds is 2. The molecular formula is C2H7KO4S. The molecule has 0 unspecified atom stereocenters. The molecule has 0 fully saturated rings. The molecule has 0 rings (SSSR count). The Labute approximate surface area is 91.0 Å². The molecule has 0 atom stereocenters. The Morgan fingerprint density at radius 2 is 2.00 bits per heavy atom. The van der Waals surface area contributed by atoms with Crippen LogP contribution < -0.4 is 0 Å². The van der Waals surface area contributed by atoms with Crippen LogP contribution in [0.4, 0.5) is 0 Å². The molecule has 1 N–H and O–H groups in total. The zero-order chi connectivity index (χ0) is 5.91. The van der Waals surface area contributed by atoms with Crippen molar-refractivity contribution in [2.45, 2.75) is 6.92 Å². The first kappa shape index (κ1) is 12.2. The fourth-order valence-electron chi connectivity index (χ4n) is 0.149. The van der Waals surface area contributed by atoms with E-state index in [0.29, 0.717) is 0 Å². The van der Waals surface area contributed by atoms with E-state index in [2.05, 4.69) is 4.18 Å². The van der Waals surface area contributed by atoms with Crippen molar-refractivity contribution in [2.75, 3.05) is 6.61 Å². The van der Waals surface area contributed by atoms with E-state index in [4.69, 9.17) is 4.55 Å². The summed E-state index contributed by atoms with van der Waals surface area (Å²) in [4.78, 5) is 0. The number of hydrogen-bond acceptors (Lipinski definition) is 3. The van der Waals surface area contributed by atoms with Gasteiger partial charge in [0.05, 0.1) is 6.61 Å². The van der Waals surface area contributed by atoms with Crippen molar-refractivity contribution in [3.05, 3.63) is 0 Å². The average molecular weight is 166 g/mol. The van der Waals surface area contributed by atoms with Crippen molar-refractivity contribution in [2.24, 2.45) is 0 Å². The van der Waals surface area contributed by atoms with Gasteiger partial charge in [-0.15, -0.1) is 0 Å². The summed E-state index contributed by atoms with van der Waals surface area (Å²) in [6.07, 6.45) is 0. The van der Waals surface area contributed by atoms with Gasteiger partial charge in [-0.2, -0.15) is 8.42 Å². The Morgan fingerprint density at radius 1 is 1.62 bits per heavy atom. The zero-order valence-electron chi connectivity index (χ0n) is 3.79. The first-order valence-corrected chi connectivity index (χ1v) is 3.04. The van der Waals surface area contributed by atoms with Crippen LogP contribution in [-0.4, -0.2) is 71.0 Å². The zero-order valence-corrected chi connectivity index (χ0v) is 4.60. The minimum absolute atomic E-state index is 0. The molecule has 6 heteroatoms. The van der Waals surface area contributed by atoms with Crippen molar-refractivity contribution < 1.29 is 17.2 Å². The van der Waals surface area contributed by atoms with Crippen molar-refractivity contribution in [3.63, 3.8) is 0 Å². The van der Waals surface area contributed by atoms with Gasteiger partial charge in [-0.1, -0.05) is 0 Å². The van der Waals surface area contributed by atoms with Crippen LogP contribution in [0.2, 0.25) is 0 Å². The van der Waals surface area contributed by atoms with Gasteiger partial charge in [-0.05, 0) is 6.92 Å². The molecule has 0 heterocycles. The molecule has 0 bridgehead atoms. The first-order valence-electron chi connectivity index (χ1n) is 1.68. The molecular weight excluding hydrogens is 159 g/mol. The van der Waals surface area contributed by atoms with Gasteiger partial charge in [-0.25, -0.2) is 4.18 Å². The Hall–Kier alpha value is 1.51. The minimum atomic E-state index is -4.17. The Bertz CT molecular complexity index is 127. The van der Waals surface area contributed by atoms with E-state index in [0.717, 1.165) is 0 Å². The van der Waals surface area contributed by atoms with Crippen LogP contribution in [-0.2, 0) is 14.6 Å². The maximum atomic E-state index is 9.56. The predicted molar refractivity (Wildman–Crippen MR) is 30.3 cm³/mol. The normalized spacial score (nSPS) is 10.2. The quantitative estimate of drug-likeness (QED) is 0.430. The van der Waals surface area contributed by atoms with Crippen LogP contribution in [0, 0.1) is 0 Å². The summed E-state index contributed by atoms with van der Waals surface area (Å²) < 4.78 is 30.7. The second-order valence-electron chi connectivity index (χ2n) is 0.834. The van der Waals surface area contributed by atoms with E-state index in [9.17, 15) is 8.42 Å². The maximum absolute atomic E-state index is 9.56. The molecule has 46 valence electrons. The van der Waals surface area contributed by atoms with Crippen LogP contribution >= 0.6 is 0 Å². The van der Waals surface area contributed by atoms with Gasteiger partial charge in [0.15, 0.2) is 0 Å². The molecule has 0 aromatic heterocycles. The molecule has 0 aliphatic rings. The fourth-order valence-corrected chi connectivity index (χ4v) is 0.447. The monoisotopic (exact) mass is 166 g/mol. The summed E-state index contributed by atoms with van der Waals surface area (Å²) in [7, 11) is -4.17. The molecule has 0 aromatic rings. The van der Waals surface area contributed by atoms with Crippen LogP contribution in [0.25, 0.3) is 0 Å². The molecule has 4 nitrogen and oxygen atoms in total. The van der Waals surface area contributed by atoms with Gasteiger partial charge >= 0.3 is 61.8 Å². The van der Waals surface area contributed by atoms with Crippen LogP contribution in [0.15, 0.2) is 0 Å². The average Bonchev–Trinajstić information content (AvgIpc) is 1.30. The van der Waals surface area contributed by atoms with Gasteiger partial charge in [0.25, 0.3) is 0 Å². The molecule has 0 saturated heterocycles. The van der Waals surface area contributed by atoms with E-state index in [1.54, 1.807) is 0 Å². The third kappa shape index (κ3) is 10.5. The van der Waals surface area contributed by atoms with Crippen molar-refractivity contribution in [3.8, 4) is 0 Å². The summed E-state index contributed by atoms with van der Waals surface area (Å²) >= 11 is 0. The summed E-state index contributed by atoms with van der Waals surface area (Å²) in [5, 5.41) is 0. The molecule has 0 aromatic carbocycles. The van der Waals surface area contributed by atoms with Crippen molar-refractivity contribution >= 4 is 61.8 Å². The van der Waals surface area contributed by atoms with E-state index in [-0.39, 0.29) is 58.0 Å². The van der Waals surface area contributed by atoms with Crippen LogP contribution in [0.3, 0.4) is 0 Å². The molecule has 8 heavy (non-hydrogen) atoms. The van der Waals surface area contributed by atoms with E-state index in [1.165, 1.54) is 6.92 Å². The number of hydrogen-bond donors (Lipinski definition) is 1. The summed E-state index contributed by atoms with van der Waals surface area (Å²) in [6.45, 7) is 1.44. The van der Waals surface area contributed by atoms with Gasteiger partial charge in [0, 0.05) is 0 Å². The summed E-state index contributed by atoms with van der Waals surface area (Å²) in [6, 6.07) is 0. The van der Waals surface area contributed by atoms with Crippen molar-refractivity contribution in [1.82, 2.24) is 0 Å². The molecule has 0 aliphatic heterocycles. The topological polar surface area (TPSA) is 63.6 Å². The molecule has 0 spiro atoms. The van der Waals surface area contributed by atoms with Crippen LogP contribution in [0.1, 0.15) is 6.92 Å². The first-order chi connectivity index (χ1) is 3.06. The molecule has 0 radical (unpaired) electrons. The third-order valence-electron chi connectivity index (χ3n) is 0.267. The predicted octanol–water partition coefficient (Wildman–Crippen LogP) is -0.823. The second kappa shape index (κ2) is 5.30. The standard InChI is InChI=1S/C2H6O4S.K.H/c1-2-6-7(3,4)5;;/h2H2,1H3,(H,3,4,5);;. The molecule has 0 amide bonds. The Balaban J connectivity index is 0. The van der Waals surface area contributed by atoms with E-state index < -0.39 is 10.4 Å². The van der Waals surface area contributed by atoms with Gasteiger partial charge in [0.1, 0.15) is 0 Å². The Morgan fingerprint density at radius 3 is 2.00 bits per heavy atom. The van der Waals surface area contributed by atoms with Gasteiger partial charge in [0.2, 0.25) is 0 Å². The van der Waals surface area contributed by atoms with Crippen molar-refractivity contribution in [1.29, 1.82) is 0 Å². The SMILES string of the molecule is CCOS(=O)(=O)O.[KH]. The Kier molecular flexibility index (Phi) is 8.09. The molecule has 0 aliphatic carbocycles. The van der Waals surface area contributed by atoms with E-state index >= 15 is 0 Å². The molecule has 0 saturated carbocycles. The fraction of sp³-hybridized carbons (Fsp3) is 1.00. The second-order valence-corrected chi connectivity index (χ2v) is 1.93. The summed E-state index contributed by atoms with van der Waals surface area (Å²) in [5.74, 6) is 0. The van der Waals surface area contributed by atoms with Gasteiger partial charge in [-0.3, -0.25) is 4.55 Å². The van der Waals surface area contributed by atoms with Gasteiger partial charge < -0.3 is 0 Å².